The third-order valence-electron chi connectivity index (χ3n) is 2.75. The lowest BCUT2D eigenvalue weighted by Gasteiger charge is -2.09. The first-order valence-corrected chi connectivity index (χ1v) is 6.98. The second-order valence-electron chi connectivity index (χ2n) is 4.62. The number of rotatable bonds is 5. The number of hydrogen-bond acceptors (Lipinski definition) is 6. The van der Waals surface area contributed by atoms with E-state index >= 15 is 0 Å². The number of carboxylic acid groups (broad SMARTS) is 1. The maximum absolute atomic E-state index is 11.5. The van der Waals surface area contributed by atoms with Crippen molar-refractivity contribution >= 4 is 11.9 Å². The molecule has 2 aromatic carbocycles. The fourth-order valence-electron chi connectivity index (χ4n) is 1.58. The van der Waals surface area contributed by atoms with Crippen LogP contribution in [0.3, 0.4) is 0 Å². The molecule has 1 unspecified atom stereocenters. The van der Waals surface area contributed by atoms with E-state index in [0.717, 1.165) is 0 Å². The lowest BCUT2D eigenvalue weighted by Crippen LogP contribution is -2.22. The van der Waals surface area contributed by atoms with E-state index in [4.69, 9.17) is 20.4 Å². The summed E-state index contributed by atoms with van der Waals surface area (Å²) < 4.78 is 4.66. The van der Waals surface area contributed by atoms with Gasteiger partial charge in [-0.3, -0.25) is 0 Å². The molecule has 0 fully saturated rings. The molecule has 128 valence electrons. The molecule has 2 aromatic rings. The van der Waals surface area contributed by atoms with Crippen LogP contribution < -0.4 is 0 Å². The number of benzene rings is 2. The second kappa shape index (κ2) is 9.98. The Morgan fingerprint density at radius 1 is 0.958 bits per heavy atom. The number of carboxylic acids is 1. The van der Waals surface area contributed by atoms with E-state index in [1.54, 1.807) is 24.3 Å². The minimum atomic E-state index is -1.24. The molecule has 2 rings (SSSR count). The van der Waals surface area contributed by atoms with Crippen LogP contribution >= 0.6 is 0 Å². The molecule has 0 amide bonds. The van der Waals surface area contributed by atoms with Crippen LogP contribution in [0.25, 0.3) is 0 Å². The number of aliphatic hydroxyl groups excluding tert-OH is 2. The molecule has 0 aliphatic carbocycles. The highest BCUT2D eigenvalue weighted by molar-refractivity contribution is 6.02. The van der Waals surface area contributed by atoms with Crippen molar-refractivity contribution in [1.82, 2.24) is 0 Å². The zero-order valence-corrected chi connectivity index (χ0v) is 12.7. The number of aliphatic hydroxyl groups is 2. The third-order valence-corrected chi connectivity index (χ3v) is 2.75. The van der Waals surface area contributed by atoms with Gasteiger partial charge in [-0.05, 0) is 24.3 Å². The summed E-state index contributed by atoms with van der Waals surface area (Å²) in [4.78, 5) is 22.3. The highest BCUT2D eigenvalue weighted by Gasteiger charge is 2.17. The lowest BCUT2D eigenvalue weighted by molar-refractivity contribution is 0.00912. The SMILES string of the molecule is O=C(O)c1ccccc1C(=O)OCC(O)CO.Oc1ccccc1. The Balaban J connectivity index is 0.000000341. The maximum Gasteiger partial charge on any atom is 0.339 e. The average molecular weight is 334 g/mol. The fraction of sp³-hybridized carbons (Fsp3) is 0.176. The molecule has 0 radical (unpaired) electrons. The standard InChI is InChI=1S/C11H12O6.C6H6O/c12-5-7(13)6-17-11(16)9-4-2-1-3-8(9)10(14)15;7-6-4-2-1-3-5-6/h1-4,7,12-13H,5-6H2,(H,14,15);1-5,7H. The Morgan fingerprint density at radius 3 is 1.96 bits per heavy atom. The van der Waals surface area contributed by atoms with Crippen molar-refractivity contribution in [2.24, 2.45) is 0 Å². The molecular formula is C17H18O7. The number of para-hydroxylation sites is 1. The van der Waals surface area contributed by atoms with Crippen molar-refractivity contribution in [2.45, 2.75) is 6.10 Å². The number of phenolic OH excluding ortho intramolecular Hbond substituents is 1. The number of carbonyl (C=O) groups is 2. The van der Waals surface area contributed by atoms with Crippen LogP contribution in [-0.4, -0.2) is 51.7 Å². The van der Waals surface area contributed by atoms with Gasteiger partial charge in [0.15, 0.2) is 0 Å². The van der Waals surface area contributed by atoms with E-state index in [9.17, 15) is 9.59 Å². The zero-order valence-electron chi connectivity index (χ0n) is 12.7. The highest BCUT2D eigenvalue weighted by Crippen LogP contribution is 2.10. The van der Waals surface area contributed by atoms with Crippen molar-refractivity contribution in [3.63, 3.8) is 0 Å². The number of ether oxygens (including phenoxy) is 1. The van der Waals surface area contributed by atoms with Crippen LogP contribution in [0.4, 0.5) is 0 Å². The van der Waals surface area contributed by atoms with Gasteiger partial charge in [-0.1, -0.05) is 30.3 Å². The fourth-order valence-corrected chi connectivity index (χ4v) is 1.58. The number of aromatic hydroxyl groups is 1. The predicted octanol–water partition coefficient (Wildman–Crippen LogP) is 1.29. The van der Waals surface area contributed by atoms with Gasteiger partial charge in [-0.15, -0.1) is 0 Å². The molecule has 0 bridgehead atoms. The van der Waals surface area contributed by atoms with Crippen LogP contribution in [-0.2, 0) is 4.74 Å². The molecule has 24 heavy (non-hydrogen) atoms. The van der Waals surface area contributed by atoms with Crippen molar-refractivity contribution in [2.75, 3.05) is 13.2 Å². The summed E-state index contributed by atoms with van der Waals surface area (Å²) in [5.41, 5.74) is -0.263. The summed E-state index contributed by atoms with van der Waals surface area (Å²) in [5, 5.41) is 35.0. The molecule has 7 nitrogen and oxygen atoms in total. The van der Waals surface area contributed by atoms with E-state index in [1.165, 1.54) is 24.3 Å². The summed E-state index contributed by atoms with van der Waals surface area (Å²) in [6, 6.07) is 14.3. The predicted molar refractivity (Wildman–Crippen MR) is 84.9 cm³/mol. The van der Waals surface area contributed by atoms with Gasteiger partial charge >= 0.3 is 11.9 Å². The summed E-state index contributed by atoms with van der Waals surface area (Å²) >= 11 is 0. The van der Waals surface area contributed by atoms with Crippen molar-refractivity contribution in [3.8, 4) is 5.75 Å². The third kappa shape index (κ3) is 6.47. The van der Waals surface area contributed by atoms with E-state index in [2.05, 4.69) is 4.74 Å². The summed E-state index contributed by atoms with van der Waals surface area (Å²) in [6.45, 7) is -0.919. The summed E-state index contributed by atoms with van der Waals surface area (Å²) in [7, 11) is 0. The first-order chi connectivity index (χ1) is 11.5. The number of esters is 1. The van der Waals surface area contributed by atoms with Crippen molar-refractivity contribution in [1.29, 1.82) is 0 Å². The molecule has 0 aliphatic heterocycles. The van der Waals surface area contributed by atoms with E-state index < -0.39 is 24.6 Å². The first-order valence-electron chi connectivity index (χ1n) is 6.98. The number of carbonyl (C=O) groups excluding carboxylic acids is 1. The van der Waals surface area contributed by atoms with Gasteiger partial charge in [-0.25, -0.2) is 9.59 Å². The van der Waals surface area contributed by atoms with Gasteiger partial charge in [0.05, 0.1) is 17.7 Å². The lowest BCUT2D eigenvalue weighted by atomic mass is 10.1. The normalized spacial score (nSPS) is 10.9. The Labute approximate surface area is 138 Å². The molecule has 4 N–H and O–H groups in total. The molecule has 0 heterocycles. The Kier molecular flexibility index (Phi) is 7.97. The largest absolute Gasteiger partial charge is 0.508 e. The smallest absolute Gasteiger partial charge is 0.339 e. The highest BCUT2D eigenvalue weighted by atomic mass is 16.5. The molecular weight excluding hydrogens is 316 g/mol. The quantitative estimate of drug-likeness (QED) is 0.607. The van der Waals surface area contributed by atoms with Crippen LogP contribution in [0.1, 0.15) is 20.7 Å². The van der Waals surface area contributed by atoms with Gasteiger partial charge in [0.2, 0.25) is 0 Å². The molecule has 0 aliphatic rings. The molecule has 0 saturated heterocycles. The van der Waals surface area contributed by atoms with Crippen molar-refractivity contribution in [3.05, 3.63) is 65.7 Å². The molecule has 0 spiro atoms. The topological polar surface area (TPSA) is 124 Å². The number of hydrogen-bond donors (Lipinski definition) is 4. The van der Waals surface area contributed by atoms with Gasteiger partial charge in [-0.2, -0.15) is 0 Å². The molecule has 1 atom stereocenters. The summed E-state index contributed by atoms with van der Waals surface area (Å²) in [5.74, 6) is -1.77. The summed E-state index contributed by atoms with van der Waals surface area (Å²) in [6.07, 6.45) is -1.17. The van der Waals surface area contributed by atoms with Gasteiger partial charge < -0.3 is 25.2 Å². The first kappa shape index (κ1) is 19.1. The number of phenols is 1. The molecule has 0 saturated carbocycles. The van der Waals surface area contributed by atoms with Gasteiger partial charge in [0.1, 0.15) is 18.5 Å². The maximum atomic E-state index is 11.5. The Hall–Kier alpha value is -2.90. The van der Waals surface area contributed by atoms with Crippen LogP contribution in [0.15, 0.2) is 54.6 Å². The monoisotopic (exact) mass is 334 g/mol. The second-order valence-corrected chi connectivity index (χ2v) is 4.62. The minimum Gasteiger partial charge on any atom is -0.508 e. The number of aromatic carboxylic acids is 1. The van der Waals surface area contributed by atoms with Gasteiger partial charge in [0.25, 0.3) is 0 Å². The van der Waals surface area contributed by atoms with Crippen molar-refractivity contribution < 1.29 is 34.8 Å². The zero-order chi connectivity index (χ0) is 17.9. The Bertz CT molecular complexity index is 655. The Morgan fingerprint density at radius 2 is 1.50 bits per heavy atom. The van der Waals surface area contributed by atoms with Crippen LogP contribution in [0, 0.1) is 0 Å². The minimum absolute atomic E-state index is 0.0925. The molecule has 7 heteroatoms. The van der Waals surface area contributed by atoms with Crippen LogP contribution in [0.2, 0.25) is 0 Å². The van der Waals surface area contributed by atoms with E-state index in [0.29, 0.717) is 5.75 Å². The average Bonchev–Trinajstić information content (AvgIpc) is 2.60. The van der Waals surface area contributed by atoms with E-state index in [-0.39, 0.29) is 17.7 Å². The van der Waals surface area contributed by atoms with E-state index in [1.807, 2.05) is 6.07 Å². The molecule has 0 aromatic heterocycles. The van der Waals surface area contributed by atoms with Gasteiger partial charge in [0, 0.05) is 0 Å². The van der Waals surface area contributed by atoms with Crippen LogP contribution in [0.5, 0.6) is 5.75 Å².